The highest BCUT2D eigenvalue weighted by Crippen LogP contribution is 2.26. The van der Waals surface area contributed by atoms with Gasteiger partial charge in [0.05, 0.1) is 0 Å². The van der Waals surface area contributed by atoms with Crippen molar-refractivity contribution < 1.29 is 0 Å². The van der Waals surface area contributed by atoms with Crippen LogP contribution in [0.5, 0.6) is 0 Å². The summed E-state index contributed by atoms with van der Waals surface area (Å²) in [6.07, 6.45) is 8.35. The smallest absolute Gasteiger partial charge is 0.0208 e. The molecule has 0 atom stereocenters. The first kappa shape index (κ1) is 13.1. The number of hydrogen-bond acceptors (Lipinski definition) is 2. The van der Waals surface area contributed by atoms with Gasteiger partial charge in [-0.1, -0.05) is 30.3 Å². The molecule has 1 saturated heterocycles. The van der Waals surface area contributed by atoms with Gasteiger partial charge in [0.15, 0.2) is 0 Å². The molecule has 1 aromatic rings. The lowest BCUT2D eigenvalue weighted by Gasteiger charge is -2.34. The molecule has 0 aromatic heterocycles. The van der Waals surface area contributed by atoms with Gasteiger partial charge in [-0.2, -0.15) is 0 Å². The fraction of sp³-hybridized carbons (Fsp3) is 0.647. The Bertz CT molecular complexity index is 362. The van der Waals surface area contributed by atoms with Gasteiger partial charge in [-0.25, -0.2) is 0 Å². The lowest BCUT2D eigenvalue weighted by atomic mass is 9.90. The van der Waals surface area contributed by atoms with E-state index in [1.165, 1.54) is 57.2 Å². The number of likely N-dealkylation sites (tertiary alicyclic amines) is 1. The first-order chi connectivity index (χ1) is 9.42. The molecule has 2 fully saturated rings. The van der Waals surface area contributed by atoms with Crippen LogP contribution in [0.2, 0.25) is 0 Å². The van der Waals surface area contributed by atoms with E-state index in [1.54, 1.807) is 0 Å². The van der Waals surface area contributed by atoms with E-state index in [1.807, 2.05) is 0 Å². The molecule has 1 heterocycles. The number of hydrogen-bond donors (Lipinski definition) is 1. The van der Waals surface area contributed by atoms with Crippen LogP contribution in [-0.4, -0.2) is 30.1 Å². The van der Waals surface area contributed by atoms with E-state index < -0.39 is 0 Å². The largest absolute Gasteiger partial charge is 0.310 e. The molecule has 0 radical (unpaired) electrons. The molecule has 0 amide bonds. The Labute approximate surface area is 117 Å². The number of nitrogens with zero attached hydrogens (tertiary/aromatic N) is 1. The minimum Gasteiger partial charge on any atom is -0.310 e. The van der Waals surface area contributed by atoms with Crippen molar-refractivity contribution in [2.75, 3.05) is 13.1 Å². The normalized spacial score (nSPS) is 28.6. The van der Waals surface area contributed by atoms with Crippen molar-refractivity contribution in [3.8, 4) is 0 Å². The van der Waals surface area contributed by atoms with Crippen LogP contribution >= 0.6 is 0 Å². The summed E-state index contributed by atoms with van der Waals surface area (Å²) in [5.74, 6) is 0. The maximum atomic E-state index is 3.73. The average Bonchev–Trinajstić information content (AvgIpc) is 3.01. The number of nitrogens with one attached hydrogen (secondary N) is 1. The summed E-state index contributed by atoms with van der Waals surface area (Å²) in [6.45, 7) is 3.74. The van der Waals surface area contributed by atoms with Gasteiger partial charge in [-0.15, -0.1) is 0 Å². The molecule has 2 aliphatic rings. The van der Waals surface area contributed by atoms with Crippen LogP contribution in [0.15, 0.2) is 30.3 Å². The highest BCUT2D eigenvalue weighted by molar-refractivity contribution is 5.14. The van der Waals surface area contributed by atoms with Crippen molar-refractivity contribution in [2.45, 2.75) is 57.2 Å². The van der Waals surface area contributed by atoms with E-state index >= 15 is 0 Å². The van der Waals surface area contributed by atoms with E-state index in [9.17, 15) is 0 Å². The lowest BCUT2D eigenvalue weighted by Crippen LogP contribution is -2.41. The molecular formula is C17H26N2. The molecule has 1 aliphatic carbocycles. The van der Waals surface area contributed by atoms with Gasteiger partial charge in [-0.05, 0) is 57.2 Å². The predicted octanol–water partition coefficient (Wildman–Crippen LogP) is 3.18. The highest BCUT2D eigenvalue weighted by atomic mass is 15.2. The van der Waals surface area contributed by atoms with Gasteiger partial charge < -0.3 is 10.2 Å². The quantitative estimate of drug-likeness (QED) is 0.892. The molecule has 0 bridgehead atoms. The molecule has 0 spiro atoms. The molecule has 3 rings (SSSR count). The van der Waals surface area contributed by atoms with Crippen LogP contribution in [0.3, 0.4) is 0 Å². The summed E-state index contributed by atoms with van der Waals surface area (Å²) in [4.78, 5) is 2.73. The SMILES string of the molecule is c1ccc(CNC2CCC(N3CCCC3)CC2)cc1. The third-order valence-electron chi connectivity index (χ3n) is 4.79. The fourth-order valence-corrected chi connectivity index (χ4v) is 3.61. The Morgan fingerprint density at radius 2 is 1.63 bits per heavy atom. The third-order valence-corrected chi connectivity index (χ3v) is 4.79. The lowest BCUT2D eigenvalue weighted by molar-refractivity contribution is 0.173. The molecule has 1 aromatic carbocycles. The maximum Gasteiger partial charge on any atom is 0.0208 e. The van der Waals surface area contributed by atoms with Crippen LogP contribution in [0.4, 0.5) is 0 Å². The van der Waals surface area contributed by atoms with Crippen molar-refractivity contribution in [3.05, 3.63) is 35.9 Å². The van der Waals surface area contributed by atoms with Gasteiger partial charge in [0, 0.05) is 18.6 Å². The van der Waals surface area contributed by atoms with E-state index in [4.69, 9.17) is 0 Å². The molecule has 1 N–H and O–H groups in total. The zero-order chi connectivity index (χ0) is 12.9. The maximum absolute atomic E-state index is 3.73. The topological polar surface area (TPSA) is 15.3 Å². The summed E-state index contributed by atoms with van der Waals surface area (Å²) in [7, 11) is 0. The Hall–Kier alpha value is -0.860. The van der Waals surface area contributed by atoms with E-state index in [0.717, 1.165) is 18.6 Å². The zero-order valence-corrected chi connectivity index (χ0v) is 11.9. The van der Waals surface area contributed by atoms with E-state index in [0.29, 0.717) is 0 Å². The Morgan fingerprint density at radius 3 is 2.32 bits per heavy atom. The molecule has 104 valence electrons. The monoisotopic (exact) mass is 258 g/mol. The van der Waals surface area contributed by atoms with Crippen molar-refractivity contribution >= 4 is 0 Å². The zero-order valence-electron chi connectivity index (χ0n) is 11.9. The molecule has 2 nitrogen and oxygen atoms in total. The van der Waals surface area contributed by atoms with Gasteiger partial charge in [0.25, 0.3) is 0 Å². The predicted molar refractivity (Wildman–Crippen MR) is 80.1 cm³/mol. The minimum absolute atomic E-state index is 0.735. The van der Waals surface area contributed by atoms with Crippen molar-refractivity contribution in [1.82, 2.24) is 10.2 Å². The Balaban J connectivity index is 1.40. The summed E-state index contributed by atoms with van der Waals surface area (Å²) in [6, 6.07) is 12.4. The number of rotatable bonds is 4. The molecule has 1 aliphatic heterocycles. The van der Waals surface area contributed by atoms with Crippen molar-refractivity contribution in [1.29, 1.82) is 0 Å². The summed E-state index contributed by atoms with van der Waals surface area (Å²) < 4.78 is 0. The average molecular weight is 258 g/mol. The molecule has 0 unspecified atom stereocenters. The Morgan fingerprint density at radius 1 is 0.947 bits per heavy atom. The van der Waals surface area contributed by atoms with Gasteiger partial charge in [0.1, 0.15) is 0 Å². The van der Waals surface area contributed by atoms with Crippen molar-refractivity contribution in [3.63, 3.8) is 0 Å². The van der Waals surface area contributed by atoms with Crippen molar-refractivity contribution in [2.24, 2.45) is 0 Å². The first-order valence-electron chi connectivity index (χ1n) is 7.93. The second-order valence-electron chi connectivity index (χ2n) is 6.12. The van der Waals surface area contributed by atoms with E-state index in [2.05, 4.69) is 40.5 Å². The molecule has 2 heteroatoms. The van der Waals surface area contributed by atoms with Gasteiger partial charge in [-0.3, -0.25) is 0 Å². The fourth-order valence-electron chi connectivity index (χ4n) is 3.61. The summed E-state index contributed by atoms with van der Waals surface area (Å²) in [5, 5.41) is 3.73. The molecular weight excluding hydrogens is 232 g/mol. The number of benzene rings is 1. The highest BCUT2D eigenvalue weighted by Gasteiger charge is 2.26. The first-order valence-corrected chi connectivity index (χ1v) is 7.93. The van der Waals surface area contributed by atoms with Crippen LogP contribution < -0.4 is 5.32 Å². The standard InChI is InChI=1S/C17H26N2/c1-2-6-15(7-3-1)14-18-16-8-10-17(11-9-16)19-12-4-5-13-19/h1-3,6-7,16-18H,4-5,8-14H2. The molecule has 1 saturated carbocycles. The second kappa shape index (κ2) is 6.53. The van der Waals surface area contributed by atoms with Crippen LogP contribution in [-0.2, 0) is 6.54 Å². The third kappa shape index (κ3) is 3.58. The van der Waals surface area contributed by atoms with Gasteiger partial charge >= 0.3 is 0 Å². The van der Waals surface area contributed by atoms with Crippen LogP contribution in [0, 0.1) is 0 Å². The minimum atomic E-state index is 0.735. The van der Waals surface area contributed by atoms with E-state index in [-0.39, 0.29) is 0 Å². The summed E-state index contributed by atoms with van der Waals surface area (Å²) in [5.41, 5.74) is 1.41. The Kier molecular flexibility index (Phi) is 4.52. The van der Waals surface area contributed by atoms with Crippen LogP contribution in [0.1, 0.15) is 44.1 Å². The van der Waals surface area contributed by atoms with Crippen LogP contribution in [0.25, 0.3) is 0 Å². The second-order valence-corrected chi connectivity index (χ2v) is 6.12. The summed E-state index contributed by atoms with van der Waals surface area (Å²) >= 11 is 0. The molecule has 19 heavy (non-hydrogen) atoms. The van der Waals surface area contributed by atoms with Gasteiger partial charge in [0.2, 0.25) is 0 Å².